The first kappa shape index (κ1) is 20.7. The van der Waals surface area contributed by atoms with Gasteiger partial charge in [-0.2, -0.15) is 0 Å². The summed E-state index contributed by atoms with van der Waals surface area (Å²) in [7, 11) is 1.62. The number of piperazine rings is 1. The maximum absolute atomic E-state index is 13.6. The normalized spacial score (nSPS) is 15.4. The highest BCUT2D eigenvalue weighted by molar-refractivity contribution is 5.91. The second-order valence-electron chi connectivity index (χ2n) is 6.47. The zero-order valence-electron chi connectivity index (χ0n) is 15.2. The molecule has 1 aromatic carbocycles. The number of amides is 3. The van der Waals surface area contributed by atoms with E-state index in [4.69, 9.17) is 0 Å². The molecule has 0 aromatic heterocycles. The van der Waals surface area contributed by atoms with Crippen LogP contribution >= 0.6 is 0 Å². The van der Waals surface area contributed by atoms with Gasteiger partial charge in [0, 0.05) is 33.1 Å². The number of nitrogens with one attached hydrogen (secondary N) is 2. The number of quaternary nitrogens is 1. The second kappa shape index (κ2) is 8.85. The van der Waals surface area contributed by atoms with E-state index in [2.05, 4.69) is 5.32 Å². The number of anilines is 1. The van der Waals surface area contributed by atoms with Gasteiger partial charge >= 0.3 is 0 Å². The third kappa shape index (κ3) is 5.43. The molecule has 2 rings (SSSR count). The molecule has 0 spiro atoms. The first-order valence-corrected chi connectivity index (χ1v) is 8.47. The summed E-state index contributed by atoms with van der Waals surface area (Å²) >= 11 is 0. The van der Waals surface area contributed by atoms with E-state index in [0.717, 1.165) is 12.1 Å². The van der Waals surface area contributed by atoms with Crippen LogP contribution in [0.3, 0.4) is 0 Å². The average Bonchev–Trinajstić information content (AvgIpc) is 2.62. The fourth-order valence-corrected chi connectivity index (χ4v) is 2.79. The first-order valence-electron chi connectivity index (χ1n) is 8.47. The summed E-state index contributed by atoms with van der Waals surface area (Å²) in [5.41, 5.74) is -0.460. The maximum atomic E-state index is 13.6. The van der Waals surface area contributed by atoms with Crippen LogP contribution in [0.2, 0.25) is 0 Å². The van der Waals surface area contributed by atoms with Crippen LogP contribution in [0.5, 0.6) is 0 Å². The summed E-state index contributed by atoms with van der Waals surface area (Å²) in [4.78, 5) is 39.4. The van der Waals surface area contributed by atoms with E-state index < -0.39 is 29.0 Å². The van der Waals surface area contributed by atoms with Crippen LogP contribution in [0, 0.1) is 17.5 Å². The van der Waals surface area contributed by atoms with Crippen molar-refractivity contribution in [1.82, 2.24) is 9.80 Å². The van der Waals surface area contributed by atoms with Crippen molar-refractivity contribution in [1.29, 1.82) is 0 Å². The monoisotopic (exact) mass is 387 g/mol. The third-order valence-corrected chi connectivity index (χ3v) is 4.30. The molecule has 1 heterocycles. The van der Waals surface area contributed by atoms with Crippen molar-refractivity contribution < 1.29 is 32.5 Å². The Morgan fingerprint density at radius 2 is 1.59 bits per heavy atom. The molecular formula is C17H22F3N4O3+. The van der Waals surface area contributed by atoms with Crippen LogP contribution in [0.25, 0.3) is 0 Å². The number of likely N-dealkylation sites (N-methyl/N-ethyl adjacent to an activating group) is 1. The van der Waals surface area contributed by atoms with Crippen LogP contribution in [0.15, 0.2) is 12.1 Å². The van der Waals surface area contributed by atoms with Gasteiger partial charge in [0.15, 0.2) is 30.5 Å². The number of halogens is 3. The molecule has 1 atom stereocenters. The topological polar surface area (TPSA) is 74.2 Å². The molecule has 1 unspecified atom stereocenters. The number of nitrogens with zero attached hydrogens (tertiary/aromatic N) is 2. The first-order chi connectivity index (χ1) is 12.7. The molecule has 1 aliphatic heterocycles. The summed E-state index contributed by atoms with van der Waals surface area (Å²) in [5, 5.41) is 2.17. The third-order valence-electron chi connectivity index (χ3n) is 4.30. The Balaban J connectivity index is 1.82. The standard InChI is InChI=1S/C17H21F3N4O3/c1-11(25)23-5-7-24(8-6-23)15(27)10-22(2)9-14(26)21-13-4-3-12(18)16(19)17(13)20/h3-4H,5-10H2,1-2H3,(H,21,26)/p+1. The van der Waals surface area contributed by atoms with Gasteiger partial charge in [0.2, 0.25) is 5.91 Å². The molecule has 1 aromatic rings. The van der Waals surface area contributed by atoms with Crippen molar-refractivity contribution >= 4 is 23.4 Å². The Morgan fingerprint density at radius 1 is 1.00 bits per heavy atom. The number of carbonyl (C=O) groups is 3. The molecule has 148 valence electrons. The number of benzene rings is 1. The van der Waals surface area contributed by atoms with Crippen LogP contribution in [0.1, 0.15) is 6.92 Å². The van der Waals surface area contributed by atoms with E-state index in [9.17, 15) is 27.6 Å². The van der Waals surface area contributed by atoms with Crippen LogP contribution in [-0.2, 0) is 14.4 Å². The number of carbonyl (C=O) groups excluding carboxylic acids is 3. The summed E-state index contributed by atoms with van der Waals surface area (Å²) < 4.78 is 39.7. The number of rotatable bonds is 5. The molecule has 0 bridgehead atoms. The van der Waals surface area contributed by atoms with Crippen molar-refractivity contribution in [3.8, 4) is 0 Å². The predicted molar refractivity (Wildman–Crippen MR) is 90.4 cm³/mol. The summed E-state index contributed by atoms with van der Waals surface area (Å²) in [6, 6.07) is 1.65. The SMILES string of the molecule is CC(=O)N1CCN(C(=O)C[NH+](C)CC(=O)Nc2ccc(F)c(F)c2F)CC1. The molecule has 3 amide bonds. The Bertz CT molecular complexity index is 736. The highest BCUT2D eigenvalue weighted by Gasteiger charge is 2.25. The molecule has 2 N–H and O–H groups in total. The summed E-state index contributed by atoms with van der Waals surface area (Å²) in [6.45, 7) is 3.15. The lowest BCUT2D eigenvalue weighted by Crippen LogP contribution is -3.11. The Kier molecular flexibility index (Phi) is 6.78. The van der Waals surface area contributed by atoms with Gasteiger partial charge in [-0.1, -0.05) is 0 Å². The van der Waals surface area contributed by atoms with Gasteiger partial charge in [-0.3, -0.25) is 14.4 Å². The molecular weight excluding hydrogens is 365 g/mol. The van der Waals surface area contributed by atoms with Gasteiger partial charge in [0.1, 0.15) is 0 Å². The fourth-order valence-electron chi connectivity index (χ4n) is 2.79. The minimum atomic E-state index is -1.66. The molecule has 10 heteroatoms. The van der Waals surface area contributed by atoms with Gasteiger partial charge in [-0.15, -0.1) is 0 Å². The molecule has 1 aliphatic rings. The molecule has 27 heavy (non-hydrogen) atoms. The van der Waals surface area contributed by atoms with Gasteiger partial charge in [-0.25, -0.2) is 13.2 Å². The molecule has 7 nitrogen and oxygen atoms in total. The van der Waals surface area contributed by atoms with E-state index in [1.165, 1.54) is 6.92 Å². The van der Waals surface area contributed by atoms with Crippen molar-refractivity contribution in [2.75, 3.05) is 51.6 Å². The van der Waals surface area contributed by atoms with Crippen LogP contribution < -0.4 is 10.2 Å². The molecule has 1 saturated heterocycles. The van der Waals surface area contributed by atoms with E-state index >= 15 is 0 Å². The molecule has 0 aliphatic carbocycles. The largest absolute Gasteiger partial charge is 0.339 e. The van der Waals surface area contributed by atoms with Crippen molar-refractivity contribution in [2.24, 2.45) is 0 Å². The lowest BCUT2D eigenvalue weighted by atomic mass is 10.2. The Morgan fingerprint density at radius 3 is 2.19 bits per heavy atom. The zero-order chi connectivity index (χ0) is 20.1. The fraction of sp³-hybridized carbons (Fsp3) is 0.471. The highest BCUT2D eigenvalue weighted by atomic mass is 19.2. The van der Waals surface area contributed by atoms with Crippen molar-refractivity contribution in [3.05, 3.63) is 29.6 Å². The molecule has 0 radical (unpaired) electrons. The Hall–Kier alpha value is -2.62. The lowest BCUT2D eigenvalue weighted by Gasteiger charge is -2.34. The number of hydrogen-bond acceptors (Lipinski definition) is 3. The van der Waals surface area contributed by atoms with Crippen molar-refractivity contribution in [3.63, 3.8) is 0 Å². The summed E-state index contributed by atoms with van der Waals surface area (Å²) in [5.74, 6) is -5.31. The quantitative estimate of drug-likeness (QED) is 0.653. The zero-order valence-corrected chi connectivity index (χ0v) is 15.2. The van der Waals surface area contributed by atoms with Gasteiger partial charge in [-0.05, 0) is 12.1 Å². The van der Waals surface area contributed by atoms with E-state index in [1.54, 1.807) is 16.8 Å². The second-order valence-corrected chi connectivity index (χ2v) is 6.47. The number of hydrogen-bond donors (Lipinski definition) is 2. The highest BCUT2D eigenvalue weighted by Crippen LogP contribution is 2.19. The van der Waals surface area contributed by atoms with Crippen LogP contribution in [-0.4, -0.2) is 73.8 Å². The minimum Gasteiger partial charge on any atom is -0.339 e. The minimum absolute atomic E-state index is 0.0355. The summed E-state index contributed by atoms with van der Waals surface area (Å²) in [6.07, 6.45) is 0. The molecule has 0 saturated carbocycles. The Labute approximate surface area is 154 Å². The molecule has 1 fully saturated rings. The smallest absolute Gasteiger partial charge is 0.279 e. The van der Waals surface area contributed by atoms with Gasteiger partial charge < -0.3 is 20.0 Å². The van der Waals surface area contributed by atoms with Crippen LogP contribution in [0.4, 0.5) is 18.9 Å². The van der Waals surface area contributed by atoms with E-state index in [-0.39, 0.29) is 24.9 Å². The maximum Gasteiger partial charge on any atom is 0.279 e. The van der Waals surface area contributed by atoms with E-state index in [1.807, 2.05) is 0 Å². The van der Waals surface area contributed by atoms with Gasteiger partial charge in [0.25, 0.3) is 11.8 Å². The van der Waals surface area contributed by atoms with Gasteiger partial charge in [0.05, 0.1) is 12.7 Å². The lowest BCUT2D eigenvalue weighted by molar-refractivity contribution is -0.862. The van der Waals surface area contributed by atoms with E-state index in [0.29, 0.717) is 31.1 Å². The average molecular weight is 387 g/mol. The van der Waals surface area contributed by atoms with Crippen molar-refractivity contribution in [2.45, 2.75) is 6.92 Å². The predicted octanol–water partition coefficient (Wildman–Crippen LogP) is -0.752.